The number of benzene rings is 1. The third-order valence-electron chi connectivity index (χ3n) is 8.68. The van der Waals surface area contributed by atoms with Crippen molar-refractivity contribution in [2.75, 3.05) is 44.7 Å². The summed E-state index contributed by atoms with van der Waals surface area (Å²) in [4.78, 5) is 16.6. The van der Waals surface area contributed by atoms with Gasteiger partial charge in [-0.15, -0.1) is 0 Å². The maximum absolute atomic E-state index is 11.8. The van der Waals surface area contributed by atoms with Gasteiger partial charge in [-0.25, -0.2) is 0 Å². The van der Waals surface area contributed by atoms with E-state index in [1.54, 1.807) is 7.11 Å². The van der Waals surface area contributed by atoms with E-state index >= 15 is 0 Å². The number of ether oxygens (including phenoxy) is 2. The summed E-state index contributed by atoms with van der Waals surface area (Å²) in [6.45, 7) is 13.2. The Hall–Kier alpha value is -2.05. The van der Waals surface area contributed by atoms with Gasteiger partial charge in [0.15, 0.2) is 0 Å². The summed E-state index contributed by atoms with van der Waals surface area (Å²) < 4.78 is 10.8. The van der Waals surface area contributed by atoms with Crippen molar-refractivity contribution in [2.24, 2.45) is 23.7 Å². The highest BCUT2D eigenvalue weighted by molar-refractivity contribution is 5.66. The second kappa shape index (κ2) is 10.3. The number of carbonyl (C=O) groups excluding carboxylic acids is 1. The lowest BCUT2D eigenvalue weighted by molar-refractivity contribution is -0.159. The molecule has 6 nitrogen and oxygen atoms in total. The topological polar surface area (TPSA) is 62.2 Å². The lowest BCUT2D eigenvalue weighted by atomic mass is 9.57. The van der Waals surface area contributed by atoms with Crippen LogP contribution in [0.5, 0.6) is 5.75 Å². The number of anilines is 1. The van der Waals surface area contributed by atoms with E-state index < -0.39 is 5.60 Å². The molecule has 1 saturated heterocycles. The predicted molar refractivity (Wildman–Crippen MR) is 135 cm³/mol. The molecule has 6 atom stereocenters. The van der Waals surface area contributed by atoms with Crippen molar-refractivity contribution < 1.29 is 19.4 Å². The monoisotopic (exact) mass is 470 g/mol. The minimum Gasteiger partial charge on any atom is -0.497 e. The maximum atomic E-state index is 11.8. The first-order valence-corrected chi connectivity index (χ1v) is 12.9. The van der Waals surface area contributed by atoms with Crippen LogP contribution in [0.1, 0.15) is 47.0 Å². The van der Waals surface area contributed by atoms with Crippen LogP contribution in [0.3, 0.4) is 0 Å². The van der Waals surface area contributed by atoms with Crippen molar-refractivity contribution in [3.63, 3.8) is 0 Å². The zero-order chi connectivity index (χ0) is 24.5. The van der Waals surface area contributed by atoms with Gasteiger partial charge in [0.05, 0.1) is 12.7 Å². The van der Waals surface area contributed by atoms with Crippen molar-refractivity contribution in [1.29, 1.82) is 0 Å². The predicted octanol–water partition coefficient (Wildman–Crippen LogP) is 4.13. The summed E-state index contributed by atoms with van der Waals surface area (Å²) in [7, 11) is 1.70. The second-order valence-electron chi connectivity index (χ2n) is 10.8. The molecule has 4 rings (SSSR count). The summed E-state index contributed by atoms with van der Waals surface area (Å²) in [5, 5.41) is 11.8. The molecule has 1 N–H and O–H groups in total. The molecule has 0 bridgehead atoms. The molecular weight excluding hydrogens is 428 g/mol. The van der Waals surface area contributed by atoms with E-state index in [0.29, 0.717) is 18.3 Å². The molecule has 0 radical (unpaired) electrons. The first-order valence-electron chi connectivity index (χ1n) is 12.9. The largest absolute Gasteiger partial charge is 0.497 e. The number of hydrogen-bond acceptors (Lipinski definition) is 6. The van der Waals surface area contributed by atoms with Crippen LogP contribution in [0.15, 0.2) is 35.9 Å². The number of hydrogen-bond donors (Lipinski definition) is 1. The number of nitrogens with zero attached hydrogens (tertiary/aromatic N) is 2. The highest BCUT2D eigenvalue weighted by Crippen LogP contribution is 2.51. The van der Waals surface area contributed by atoms with Crippen molar-refractivity contribution >= 4 is 11.7 Å². The number of carbonyl (C=O) groups is 1. The van der Waals surface area contributed by atoms with Crippen LogP contribution >= 0.6 is 0 Å². The van der Waals surface area contributed by atoms with E-state index in [1.807, 2.05) is 19.1 Å². The van der Waals surface area contributed by atoms with Crippen LogP contribution in [0.4, 0.5) is 5.69 Å². The van der Waals surface area contributed by atoms with Crippen LogP contribution in [-0.2, 0) is 9.53 Å². The lowest BCUT2D eigenvalue weighted by Gasteiger charge is -2.53. The van der Waals surface area contributed by atoms with Gasteiger partial charge in [0, 0.05) is 57.7 Å². The molecule has 3 aliphatic rings. The molecule has 2 fully saturated rings. The van der Waals surface area contributed by atoms with Crippen molar-refractivity contribution in [3.05, 3.63) is 35.9 Å². The maximum Gasteiger partial charge on any atom is 0.303 e. The molecule has 1 aromatic rings. The van der Waals surface area contributed by atoms with Crippen LogP contribution in [0.2, 0.25) is 0 Å². The standard InChI is InChI=1S/C28H42N2O4/c1-19-16-26-25(11-6-21(3)28(26,32)17-27(19)34-22(4)31)20(2)18-29-12-14-30(15-13-29)23-7-9-24(33-5)10-8-23/h7-10,16,20-21,25-27,32H,6,11-15,17-18H2,1-5H3/t20-,21-,25+,26-,27-,28-/m1/s1. The van der Waals surface area contributed by atoms with Crippen LogP contribution in [0, 0.1) is 23.7 Å². The Morgan fingerprint density at radius 1 is 1.18 bits per heavy atom. The van der Waals surface area contributed by atoms with Crippen molar-refractivity contribution in [3.8, 4) is 5.75 Å². The number of fused-ring (bicyclic) bond motifs is 1. The first-order chi connectivity index (χ1) is 16.2. The van der Waals surface area contributed by atoms with Gasteiger partial charge in [-0.05, 0) is 67.4 Å². The van der Waals surface area contributed by atoms with Gasteiger partial charge in [-0.1, -0.05) is 19.9 Å². The molecular formula is C28H42N2O4. The molecule has 188 valence electrons. The van der Waals surface area contributed by atoms with E-state index in [9.17, 15) is 9.90 Å². The van der Waals surface area contributed by atoms with E-state index in [4.69, 9.17) is 9.47 Å². The van der Waals surface area contributed by atoms with E-state index in [-0.39, 0.29) is 23.9 Å². The smallest absolute Gasteiger partial charge is 0.303 e. The lowest BCUT2D eigenvalue weighted by Crippen LogP contribution is -2.56. The Labute approximate surface area is 204 Å². The molecule has 6 heteroatoms. The van der Waals surface area contributed by atoms with Gasteiger partial charge in [0.25, 0.3) is 0 Å². The fourth-order valence-electron chi connectivity index (χ4n) is 6.52. The van der Waals surface area contributed by atoms with Crippen LogP contribution in [0.25, 0.3) is 0 Å². The Kier molecular flexibility index (Phi) is 7.58. The molecule has 0 spiro atoms. The third kappa shape index (κ3) is 5.13. The normalized spacial score (nSPS) is 33.0. The Morgan fingerprint density at radius 3 is 2.47 bits per heavy atom. The van der Waals surface area contributed by atoms with Gasteiger partial charge in [-0.2, -0.15) is 0 Å². The van der Waals surface area contributed by atoms with Gasteiger partial charge in [0.1, 0.15) is 11.9 Å². The molecule has 1 aliphatic heterocycles. The number of aliphatic hydroxyl groups is 1. The number of esters is 1. The SMILES string of the molecule is COc1ccc(N2CCN(C[C@@H](C)[C@@H]3CC[C@@H](C)[C@]4(O)C[C@@H](OC(C)=O)C(C)=C[C@H]34)CC2)cc1. The summed E-state index contributed by atoms with van der Waals surface area (Å²) in [6.07, 6.45) is 4.61. The highest BCUT2D eigenvalue weighted by Gasteiger charge is 2.52. The zero-order valence-electron chi connectivity index (χ0n) is 21.5. The fraction of sp³-hybridized carbons (Fsp3) is 0.679. The molecule has 34 heavy (non-hydrogen) atoms. The minimum atomic E-state index is -0.802. The number of piperazine rings is 1. The number of rotatable bonds is 6. The first kappa shape index (κ1) is 25.1. The summed E-state index contributed by atoms with van der Waals surface area (Å²) in [6, 6.07) is 8.34. The molecule has 0 aromatic heterocycles. The van der Waals surface area contributed by atoms with Crippen molar-refractivity contribution in [2.45, 2.75) is 58.7 Å². The zero-order valence-corrected chi connectivity index (χ0v) is 21.5. The minimum absolute atomic E-state index is 0.124. The fourth-order valence-corrected chi connectivity index (χ4v) is 6.52. The molecule has 0 amide bonds. The molecule has 1 saturated carbocycles. The van der Waals surface area contributed by atoms with Crippen LogP contribution < -0.4 is 9.64 Å². The van der Waals surface area contributed by atoms with Crippen LogP contribution in [-0.4, -0.2) is 67.5 Å². The molecule has 2 aliphatic carbocycles. The number of methoxy groups -OCH3 is 1. The molecule has 1 heterocycles. The quantitative estimate of drug-likeness (QED) is 0.498. The van der Waals surface area contributed by atoms with E-state index in [1.165, 1.54) is 12.6 Å². The Balaban J connectivity index is 1.38. The molecule has 1 aromatic carbocycles. The average Bonchev–Trinajstić information content (AvgIpc) is 2.81. The van der Waals surface area contributed by atoms with E-state index in [2.05, 4.69) is 41.9 Å². The van der Waals surface area contributed by atoms with Gasteiger partial charge in [-0.3, -0.25) is 9.69 Å². The van der Waals surface area contributed by atoms with Crippen molar-refractivity contribution in [1.82, 2.24) is 4.90 Å². The summed E-state index contributed by atoms with van der Waals surface area (Å²) >= 11 is 0. The third-order valence-corrected chi connectivity index (χ3v) is 8.68. The summed E-state index contributed by atoms with van der Waals surface area (Å²) in [5.74, 6) is 1.88. The summed E-state index contributed by atoms with van der Waals surface area (Å²) in [5.41, 5.74) is 1.54. The van der Waals surface area contributed by atoms with E-state index in [0.717, 1.165) is 56.9 Å². The second-order valence-corrected chi connectivity index (χ2v) is 10.8. The van der Waals surface area contributed by atoms with Gasteiger partial charge in [0.2, 0.25) is 0 Å². The Bertz CT molecular complexity index is 877. The Morgan fingerprint density at radius 2 is 1.85 bits per heavy atom. The molecule has 0 unspecified atom stereocenters. The van der Waals surface area contributed by atoms with Gasteiger partial charge >= 0.3 is 5.97 Å². The average molecular weight is 471 g/mol. The highest BCUT2D eigenvalue weighted by atomic mass is 16.5. The van der Waals surface area contributed by atoms with Gasteiger partial charge < -0.3 is 19.5 Å².